The molecule has 164 valence electrons. The summed E-state index contributed by atoms with van der Waals surface area (Å²) in [6.45, 7) is 9.43. The Morgan fingerprint density at radius 3 is 2.97 bits per heavy atom. The van der Waals surface area contributed by atoms with Gasteiger partial charge in [-0.25, -0.2) is 15.0 Å². The van der Waals surface area contributed by atoms with E-state index < -0.39 is 0 Å². The molecule has 0 saturated carbocycles. The van der Waals surface area contributed by atoms with Crippen LogP contribution >= 0.6 is 0 Å². The maximum absolute atomic E-state index is 4.82. The van der Waals surface area contributed by atoms with E-state index in [0.29, 0.717) is 5.95 Å². The molecule has 3 N–H and O–H groups in total. The van der Waals surface area contributed by atoms with E-state index in [0.717, 1.165) is 53.7 Å². The van der Waals surface area contributed by atoms with Crippen molar-refractivity contribution in [2.45, 2.75) is 51.2 Å². The lowest BCUT2D eigenvalue weighted by Crippen LogP contribution is -2.48. The average molecular weight is 428 g/mol. The van der Waals surface area contributed by atoms with Crippen molar-refractivity contribution < 1.29 is 0 Å². The zero-order chi connectivity index (χ0) is 22.1. The third-order valence-electron chi connectivity index (χ3n) is 5.99. The lowest BCUT2D eigenvalue weighted by Gasteiger charge is -2.38. The molecule has 0 amide bonds. The van der Waals surface area contributed by atoms with Crippen molar-refractivity contribution in [2.75, 3.05) is 5.32 Å². The zero-order valence-corrected chi connectivity index (χ0v) is 18.6. The molecule has 32 heavy (non-hydrogen) atoms. The molecule has 7 nitrogen and oxygen atoms in total. The Balaban J connectivity index is 1.34. The van der Waals surface area contributed by atoms with Gasteiger partial charge in [0.1, 0.15) is 0 Å². The summed E-state index contributed by atoms with van der Waals surface area (Å²) >= 11 is 0. The summed E-state index contributed by atoms with van der Waals surface area (Å²) in [4.78, 5) is 16.8. The van der Waals surface area contributed by atoms with Crippen LogP contribution in [0.2, 0.25) is 0 Å². The summed E-state index contributed by atoms with van der Waals surface area (Å²) in [5.41, 5.74) is 5.46. The van der Waals surface area contributed by atoms with Crippen LogP contribution in [0.25, 0.3) is 22.2 Å². The summed E-state index contributed by atoms with van der Waals surface area (Å²) in [6, 6.07) is 8.82. The highest BCUT2D eigenvalue weighted by molar-refractivity contribution is 5.95. The molecular formula is C25H29N7. The summed E-state index contributed by atoms with van der Waals surface area (Å²) in [6.07, 6.45) is 12.3. The fourth-order valence-electron chi connectivity index (χ4n) is 4.65. The van der Waals surface area contributed by atoms with Crippen LogP contribution in [-0.4, -0.2) is 36.1 Å². The second-order valence-corrected chi connectivity index (χ2v) is 9.26. The number of H-pyrrole nitrogens is 1. The van der Waals surface area contributed by atoms with E-state index in [2.05, 4.69) is 68.8 Å². The molecule has 7 heteroatoms. The van der Waals surface area contributed by atoms with Gasteiger partial charge in [-0.2, -0.15) is 0 Å². The quantitative estimate of drug-likeness (QED) is 0.421. The van der Waals surface area contributed by atoms with Gasteiger partial charge in [0.25, 0.3) is 0 Å². The van der Waals surface area contributed by atoms with Gasteiger partial charge in [-0.05, 0) is 44.4 Å². The van der Waals surface area contributed by atoms with Crippen LogP contribution in [0.1, 0.15) is 32.3 Å². The zero-order valence-electron chi connectivity index (χ0n) is 18.6. The number of aryl methyl sites for hydroxylation is 2. The predicted octanol–water partition coefficient (Wildman–Crippen LogP) is 4.52. The van der Waals surface area contributed by atoms with Crippen LogP contribution in [0, 0.1) is 0 Å². The molecule has 0 spiro atoms. The molecule has 5 rings (SSSR count). The second kappa shape index (κ2) is 8.15. The molecule has 1 aromatic carbocycles. The highest BCUT2D eigenvalue weighted by Crippen LogP contribution is 2.29. The van der Waals surface area contributed by atoms with Crippen molar-refractivity contribution in [3.05, 3.63) is 73.2 Å². The second-order valence-electron chi connectivity index (χ2n) is 9.26. The third-order valence-corrected chi connectivity index (χ3v) is 5.99. The van der Waals surface area contributed by atoms with E-state index in [1.807, 2.05) is 37.2 Å². The first-order valence-corrected chi connectivity index (χ1v) is 11.1. The number of rotatable bonds is 6. The number of fused-ring (bicyclic) bond motifs is 1. The summed E-state index contributed by atoms with van der Waals surface area (Å²) in [7, 11) is 0. The molecule has 1 aliphatic heterocycles. The SMILES string of the molecule is C=C1CC(Nc2nccc(-c3c[nH]c4cc(CCn5ccnc5)ccc34)n2)CC(C)(C)N1. The van der Waals surface area contributed by atoms with E-state index in [9.17, 15) is 0 Å². The van der Waals surface area contributed by atoms with Gasteiger partial charge >= 0.3 is 0 Å². The highest BCUT2D eigenvalue weighted by Gasteiger charge is 2.29. The van der Waals surface area contributed by atoms with Gasteiger partial charge in [-0.3, -0.25) is 0 Å². The van der Waals surface area contributed by atoms with Gasteiger partial charge in [0, 0.05) is 71.5 Å². The van der Waals surface area contributed by atoms with E-state index in [1.165, 1.54) is 5.56 Å². The van der Waals surface area contributed by atoms with Gasteiger partial charge in [-0.1, -0.05) is 18.7 Å². The van der Waals surface area contributed by atoms with Crippen molar-refractivity contribution in [3.63, 3.8) is 0 Å². The topological polar surface area (TPSA) is 83.5 Å². The Bertz CT molecular complexity index is 1240. The maximum atomic E-state index is 4.82. The molecule has 1 saturated heterocycles. The molecule has 1 atom stereocenters. The van der Waals surface area contributed by atoms with Crippen molar-refractivity contribution in [1.82, 2.24) is 29.8 Å². The third kappa shape index (κ3) is 4.37. The molecule has 4 aromatic rings. The van der Waals surface area contributed by atoms with Gasteiger partial charge in [-0.15, -0.1) is 0 Å². The van der Waals surface area contributed by atoms with E-state index in [4.69, 9.17) is 4.98 Å². The number of anilines is 1. The summed E-state index contributed by atoms with van der Waals surface area (Å²) in [5.74, 6) is 0.657. The largest absolute Gasteiger partial charge is 0.384 e. The van der Waals surface area contributed by atoms with Crippen molar-refractivity contribution in [1.29, 1.82) is 0 Å². The molecule has 0 aliphatic carbocycles. The minimum Gasteiger partial charge on any atom is -0.384 e. The van der Waals surface area contributed by atoms with E-state index in [-0.39, 0.29) is 11.6 Å². The lowest BCUT2D eigenvalue weighted by molar-refractivity contribution is 0.324. The Labute approximate surface area is 188 Å². The number of hydrogen-bond acceptors (Lipinski definition) is 5. The van der Waals surface area contributed by atoms with Crippen molar-refractivity contribution in [2.24, 2.45) is 0 Å². The van der Waals surface area contributed by atoms with E-state index >= 15 is 0 Å². The van der Waals surface area contributed by atoms with Crippen LogP contribution in [0.4, 0.5) is 5.95 Å². The van der Waals surface area contributed by atoms with Crippen molar-refractivity contribution in [3.8, 4) is 11.3 Å². The number of nitrogens with one attached hydrogen (secondary N) is 3. The number of nitrogens with zero attached hydrogens (tertiary/aromatic N) is 4. The molecule has 0 radical (unpaired) electrons. The lowest BCUT2D eigenvalue weighted by atomic mass is 9.88. The molecule has 1 fully saturated rings. The summed E-state index contributed by atoms with van der Waals surface area (Å²) < 4.78 is 2.10. The van der Waals surface area contributed by atoms with Crippen LogP contribution < -0.4 is 10.6 Å². The standard InChI is InChI=1S/C25H29N7/c1-17-12-19(14-25(2,3)31-17)29-24-27-8-6-22(30-24)21-15-28-23-13-18(4-5-20(21)23)7-10-32-11-9-26-16-32/h4-6,8-9,11,13,15-16,19,28,31H,1,7,10,12,14H2,2-3H3,(H,27,29,30). The first-order chi connectivity index (χ1) is 15.4. The van der Waals surface area contributed by atoms with E-state index in [1.54, 1.807) is 0 Å². The highest BCUT2D eigenvalue weighted by atomic mass is 15.1. The molecular weight excluding hydrogens is 398 g/mol. The first-order valence-electron chi connectivity index (χ1n) is 11.1. The smallest absolute Gasteiger partial charge is 0.223 e. The van der Waals surface area contributed by atoms with Crippen LogP contribution in [-0.2, 0) is 13.0 Å². The Kier molecular flexibility index (Phi) is 5.17. The number of imidazole rings is 1. The Hall–Kier alpha value is -3.61. The number of benzene rings is 1. The van der Waals surface area contributed by atoms with Crippen molar-refractivity contribution >= 4 is 16.9 Å². The maximum Gasteiger partial charge on any atom is 0.223 e. The Morgan fingerprint density at radius 1 is 1.25 bits per heavy atom. The molecule has 3 aromatic heterocycles. The number of piperidine rings is 1. The van der Waals surface area contributed by atoms with Gasteiger partial charge in [0.05, 0.1) is 12.0 Å². The molecule has 1 unspecified atom stereocenters. The minimum atomic E-state index is 0.0109. The van der Waals surface area contributed by atoms with Crippen LogP contribution in [0.5, 0.6) is 0 Å². The molecule has 1 aliphatic rings. The minimum absolute atomic E-state index is 0.0109. The number of aromatic amines is 1. The fraction of sp³-hybridized carbons (Fsp3) is 0.320. The molecule has 0 bridgehead atoms. The fourth-order valence-corrected chi connectivity index (χ4v) is 4.65. The van der Waals surface area contributed by atoms with Crippen LogP contribution in [0.3, 0.4) is 0 Å². The summed E-state index contributed by atoms with van der Waals surface area (Å²) in [5, 5.41) is 8.14. The first kappa shape index (κ1) is 20.3. The normalized spacial score (nSPS) is 17.9. The van der Waals surface area contributed by atoms with Gasteiger partial charge in [0.2, 0.25) is 5.95 Å². The van der Waals surface area contributed by atoms with Gasteiger partial charge in [0.15, 0.2) is 0 Å². The molecule has 4 heterocycles. The number of hydrogen-bond donors (Lipinski definition) is 3. The predicted molar refractivity (Wildman–Crippen MR) is 128 cm³/mol. The Morgan fingerprint density at radius 2 is 2.16 bits per heavy atom. The van der Waals surface area contributed by atoms with Gasteiger partial charge < -0.3 is 20.2 Å². The number of aromatic nitrogens is 5. The monoisotopic (exact) mass is 427 g/mol. The van der Waals surface area contributed by atoms with Crippen LogP contribution in [0.15, 0.2) is 67.7 Å². The average Bonchev–Trinajstić information content (AvgIpc) is 3.40.